The second-order valence-electron chi connectivity index (χ2n) is 3.07. The molecule has 4 heteroatoms. The van der Waals surface area contributed by atoms with E-state index in [-0.39, 0.29) is 12.0 Å². The van der Waals surface area contributed by atoms with Crippen molar-refractivity contribution in [3.05, 3.63) is 11.8 Å². The van der Waals surface area contributed by atoms with E-state index >= 15 is 0 Å². The number of rotatable bonds is 1. The molecule has 4 nitrogen and oxygen atoms in total. The highest BCUT2D eigenvalue weighted by atomic mass is 16.5. The van der Waals surface area contributed by atoms with Crippen molar-refractivity contribution < 1.29 is 14.6 Å². The number of hydrogen-bond acceptors (Lipinski definition) is 3. The van der Waals surface area contributed by atoms with Crippen LogP contribution in [0.2, 0.25) is 0 Å². The van der Waals surface area contributed by atoms with Crippen LogP contribution in [0, 0.1) is 0 Å². The summed E-state index contributed by atoms with van der Waals surface area (Å²) in [6, 6.07) is 0. The minimum atomic E-state index is -0.337. The van der Waals surface area contributed by atoms with Gasteiger partial charge in [0.1, 0.15) is 0 Å². The van der Waals surface area contributed by atoms with Crippen LogP contribution < -0.4 is 0 Å². The average molecular weight is 169 g/mol. The van der Waals surface area contributed by atoms with E-state index in [1.165, 1.54) is 0 Å². The van der Waals surface area contributed by atoms with Crippen LogP contribution >= 0.6 is 0 Å². The van der Waals surface area contributed by atoms with Crippen LogP contribution in [0.15, 0.2) is 11.8 Å². The monoisotopic (exact) mass is 169 g/mol. The molecule has 1 saturated heterocycles. The topological polar surface area (TPSA) is 49.8 Å². The highest BCUT2D eigenvalue weighted by molar-refractivity contribution is 5.92. The molecule has 66 valence electrons. The van der Waals surface area contributed by atoms with E-state index in [1.807, 2.05) is 0 Å². The van der Waals surface area contributed by atoms with Crippen molar-refractivity contribution in [1.82, 2.24) is 4.90 Å². The fraction of sp³-hybridized carbons (Fsp3) is 0.625. The molecular weight excluding hydrogens is 158 g/mol. The molecule has 2 aliphatic rings. The zero-order valence-electron chi connectivity index (χ0n) is 6.69. The SMILES string of the molecule is O=C(C1=CCCO1)N1CC(O)C1. The van der Waals surface area contributed by atoms with E-state index < -0.39 is 0 Å². The molecule has 2 aliphatic heterocycles. The molecule has 2 rings (SSSR count). The van der Waals surface area contributed by atoms with E-state index in [9.17, 15) is 4.79 Å². The molecule has 1 fully saturated rings. The number of hydrogen-bond donors (Lipinski definition) is 1. The number of aliphatic hydroxyl groups is 1. The average Bonchev–Trinajstić information content (AvgIpc) is 2.49. The summed E-state index contributed by atoms with van der Waals surface area (Å²) in [7, 11) is 0. The largest absolute Gasteiger partial charge is 0.488 e. The highest BCUT2D eigenvalue weighted by Crippen LogP contribution is 2.16. The molecule has 0 saturated carbocycles. The molecule has 0 atom stereocenters. The van der Waals surface area contributed by atoms with Gasteiger partial charge in [-0.1, -0.05) is 0 Å². The minimum Gasteiger partial charge on any atom is -0.488 e. The molecular formula is C8H11NO3. The Morgan fingerprint density at radius 2 is 2.42 bits per heavy atom. The van der Waals surface area contributed by atoms with E-state index in [2.05, 4.69) is 0 Å². The first kappa shape index (κ1) is 7.61. The lowest BCUT2D eigenvalue weighted by Gasteiger charge is -2.35. The van der Waals surface area contributed by atoms with Crippen molar-refractivity contribution in [3.63, 3.8) is 0 Å². The van der Waals surface area contributed by atoms with Crippen LogP contribution in [0.5, 0.6) is 0 Å². The third-order valence-electron chi connectivity index (χ3n) is 2.07. The van der Waals surface area contributed by atoms with E-state index in [4.69, 9.17) is 9.84 Å². The molecule has 0 aromatic heterocycles. The van der Waals surface area contributed by atoms with Crippen LogP contribution in [0.25, 0.3) is 0 Å². The standard InChI is InChI=1S/C8H11NO3/c10-6-4-9(5-6)8(11)7-2-1-3-12-7/h2,6,10H,1,3-5H2. The summed E-state index contributed by atoms with van der Waals surface area (Å²) in [5.74, 6) is 0.361. The van der Waals surface area contributed by atoms with Crippen molar-refractivity contribution >= 4 is 5.91 Å². The first-order valence-corrected chi connectivity index (χ1v) is 4.07. The Kier molecular flexibility index (Phi) is 1.77. The van der Waals surface area contributed by atoms with Gasteiger partial charge in [-0.15, -0.1) is 0 Å². The normalized spacial score (nSPS) is 23.1. The third kappa shape index (κ3) is 1.18. The quantitative estimate of drug-likeness (QED) is 0.575. The lowest BCUT2D eigenvalue weighted by Crippen LogP contribution is -2.53. The van der Waals surface area contributed by atoms with E-state index in [1.54, 1.807) is 11.0 Å². The van der Waals surface area contributed by atoms with Crippen molar-refractivity contribution in [1.29, 1.82) is 0 Å². The number of carbonyl (C=O) groups is 1. The molecule has 0 unspecified atom stereocenters. The summed E-state index contributed by atoms with van der Waals surface area (Å²) in [6.07, 6.45) is 2.28. The fourth-order valence-electron chi connectivity index (χ4n) is 1.34. The van der Waals surface area contributed by atoms with Gasteiger partial charge in [0.05, 0.1) is 12.7 Å². The number of aliphatic hydroxyl groups excluding tert-OH is 1. The van der Waals surface area contributed by atoms with Gasteiger partial charge in [0, 0.05) is 19.5 Å². The summed E-state index contributed by atoms with van der Waals surface area (Å²) in [6.45, 7) is 1.50. The van der Waals surface area contributed by atoms with Crippen LogP contribution in [0.4, 0.5) is 0 Å². The molecule has 1 N–H and O–H groups in total. The van der Waals surface area contributed by atoms with Gasteiger partial charge in [-0.2, -0.15) is 0 Å². The lowest BCUT2D eigenvalue weighted by molar-refractivity contribution is -0.140. The third-order valence-corrected chi connectivity index (χ3v) is 2.07. The Morgan fingerprint density at radius 3 is 2.92 bits per heavy atom. The maximum absolute atomic E-state index is 11.4. The minimum absolute atomic E-state index is 0.0854. The Hall–Kier alpha value is -1.03. The summed E-state index contributed by atoms with van der Waals surface area (Å²) in [5, 5.41) is 8.96. The van der Waals surface area contributed by atoms with Gasteiger partial charge >= 0.3 is 0 Å². The lowest BCUT2D eigenvalue weighted by atomic mass is 10.1. The van der Waals surface area contributed by atoms with Gasteiger partial charge in [0.2, 0.25) is 0 Å². The number of likely N-dealkylation sites (tertiary alicyclic amines) is 1. The molecule has 0 aliphatic carbocycles. The second kappa shape index (κ2) is 2.79. The molecule has 0 radical (unpaired) electrons. The van der Waals surface area contributed by atoms with E-state index in [0.717, 1.165) is 6.42 Å². The second-order valence-corrected chi connectivity index (χ2v) is 3.07. The van der Waals surface area contributed by atoms with Crippen molar-refractivity contribution in [2.24, 2.45) is 0 Å². The smallest absolute Gasteiger partial charge is 0.288 e. The maximum Gasteiger partial charge on any atom is 0.288 e. The van der Waals surface area contributed by atoms with Gasteiger partial charge < -0.3 is 14.7 Å². The highest BCUT2D eigenvalue weighted by Gasteiger charge is 2.32. The summed E-state index contributed by atoms with van der Waals surface area (Å²) < 4.78 is 5.10. The maximum atomic E-state index is 11.4. The summed E-state index contributed by atoms with van der Waals surface area (Å²) in [5.41, 5.74) is 0. The van der Waals surface area contributed by atoms with Crippen LogP contribution in [0.3, 0.4) is 0 Å². The number of β-amino-alcohol motifs (C(OH)–C–C–N with tert-alkyl or cyclic N) is 1. The first-order valence-electron chi connectivity index (χ1n) is 4.07. The van der Waals surface area contributed by atoms with Crippen LogP contribution in [-0.4, -0.2) is 41.7 Å². The number of nitrogens with zero attached hydrogens (tertiary/aromatic N) is 1. The molecule has 12 heavy (non-hydrogen) atoms. The summed E-state index contributed by atoms with van der Waals surface area (Å²) >= 11 is 0. The number of carbonyl (C=O) groups excluding carboxylic acids is 1. The van der Waals surface area contributed by atoms with Gasteiger partial charge in [0.25, 0.3) is 5.91 Å². The van der Waals surface area contributed by atoms with Gasteiger partial charge in [-0.3, -0.25) is 4.79 Å². The van der Waals surface area contributed by atoms with Gasteiger partial charge in [-0.25, -0.2) is 0 Å². The molecule has 0 bridgehead atoms. The Morgan fingerprint density at radius 1 is 1.67 bits per heavy atom. The zero-order chi connectivity index (χ0) is 8.55. The zero-order valence-corrected chi connectivity index (χ0v) is 6.69. The summed E-state index contributed by atoms with van der Waals surface area (Å²) in [4.78, 5) is 13.0. The number of amides is 1. The van der Waals surface area contributed by atoms with Crippen molar-refractivity contribution in [2.45, 2.75) is 12.5 Å². The molecule has 0 aromatic carbocycles. The predicted octanol–water partition coefficient (Wildman–Crippen LogP) is -0.506. The van der Waals surface area contributed by atoms with Crippen molar-refractivity contribution in [2.75, 3.05) is 19.7 Å². The predicted molar refractivity (Wildman–Crippen MR) is 41.2 cm³/mol. The molecule has 0 aromatic rings. The number of ether oxygens (including phenoxy) is 1. The molecule has 1 amide bonds. The Labute approximate surface area is 70.4 Å². The molecule has 2 heterocycles. The van der Waals surface area contributed by atoms with Gasteiger partial charge in [0.15, 0.2) is 5.76 Å². The van der Waals surface area contributed by atoms with Gasteiger partial charge in [-0.05, 0) is 6.08 Å². The Bertz CT molecular complexity index is 230. The van der Waals surface area contributed by atoms with Crippen molar-refractivity contribution in [3.8, 4) is 0 Å². The van der Waals surface area contributed by atoms with Crippen LogP contribution in [-0.2, 0) is 9.53 Å². The van der Waals surface area contributed by atoms with E-state index in [0.29, 0.717) is 25.5 Å². The molecule has 0 spiro atoms. The Balaban J connectivity index is 1.92. The first-order chi connectivity index (χ1) is 5.77. The fourth-order valence-corrected chi connectivity index (χ4v) is 1.34. The van der Waals surface area contributed by atoms with Crippen LogP contribution in [0.1, 0.15) is 6.42 Å².